The maximum Gasteiger partial charge on any atom is 0.259 e. The molecule has 0 unspecified atom stereocenters. The van der Waals surface area contributed by atoms with Gasteiger partial charge in [-0.2, -0.15) is 0 Å². The Balaban J connectivity index is 1.61. The lowest BCUT2D eigenvalue weighted by molar-refractivity contribution is 0.102. The maximum atomic E-state index is 12.5. The number of nitrogens with one attached hydrogen (secondary N) is 1. The van der Waals surface area contributed by atoms with Crippen molar-refractivity contribution >= 4 is 11.6 Å². The number of hydrogen-bond donors (Lipinski definition) is 1. The van der Waals surface area contributed by atoms with Crippen molar-refractivity contribution in [2.24, 2.45) is 0 Å². The SMILES string of the molecule is Cc1nc(C(C)C)ncc1C(=O)Nc1ccc(OCc2ccccc2)cc1. The second-order valence-electron chi connectivity index (χ2n) is 6.63. The summed E-state index contributed by atoms with van der Waals surface area (Å²) in [5.41, 5.74) is 2.95. The summed E-state index contributed by atoms with van der Waals surface area (Å²) in [5.74, 6) is 1.49. The fourth-order valence-electron chi connectivity index (χ4n) is 2.56. The zero-order valence-electron chi connectivity index (χ0n) is 15.8. The summed E-state index contributed by atoms with van der Waals surface area (Å²) >= 11 is 0. The van der Waals surface area contributed by atoms with Crippen LogP contribution in [0.4, 0.5) is 5.69 Å². The topological polar surface area (TPSA) is 64.1 Å². The standard InChI is InChI=1S/C22H23N3O2/c1-15(2)21-23-13-20(16(3)24-21)22(26)25-18-9-11-19(12-10-18)27-14-17-7-5-4-6-8-17/h4-13,15H,14H2,1-3H3,(H,25,26). The number of carbonyl (C=O) groups excluding carboxylic acids is 1. The molecule has 0 saturated heterocycles. The predicted molar refractivity (Wildman–Crippen MR) is 106 cm³/mol. The summed E-state index contributed by atoms with van der Waals surface area (Å²) in [6.45, 7) is 6.38. The van der Waals surface area contributed by atoms with Crippen LogP contribution in [0.5, 0.6) is 5.75 Å². The highest BCUT2D eigenvalue weighted by molar-refractivity contribution is 6.04. The molecule has 1 aromatic heterocycles. The van der Waals surface area contributed by atoms with E-state index in [0.29, 0.717) is 23.6 Å². The summed E-state index contributed by atoms with van der Waals surface area (Å²) in [5, 5.41) is 2.87. The summed E-state index contributed by atoms with van der Waals surface area (Å²) < 4.78 is 5.76. The van der Waals surface area contributed by atoms with E-state index in [1.165, 1.54) is 0 Å². The molecule has 0 aliphatic heterocycles. The number of rotatable bonds is 6. The van der Waals surface area contributed by atoms with Gasteiger partial charge in [-0.3, -0.25) is 4.79 Å². The molecule has 1 N–H and O–H groups in total. The van der Waals surface area contributed by atoms with Crippen LogP contribution in [0.15, 0.2) is 60.8 Å². The Hall–Kier alpha value is -3.21. The van der Waals surface area contributed by atoms with E-state index in [9.17, 15) is 4.79 Å². The molecule has 1 heterocycles. The van der Waals surface area contributed by atoms with Crippen LogP contribution in [0.1, 0.15) is 47.2 Å². The summed E-state index contributed by atoms with van der Waals surface area (Å²) in [7, 11) is 0. The van der Waals surface area contributed by atoms with Gasteiger partial charge in [-0.25, -0.2) is 9.97 Å². The van der Waals surface area contributed by atoms with E-state index in [4.69, 9.17) is 4.74 Å². The summed E-state index contributed by atoms with van der Waals surface area (Å²) in [4.78, 5) is 21.2. The molecule has 138 valence electrons. The Labute approximate surface area is 159 Å². The van der Waals surface area contributed by atoms with Crippen molar-refractivity contribution in [1.82, 2.24) is 9.97 Å². The smallest absolute Gasteiger partial charge is 0.259 e. The predicted octanol–water partition coefficient (Wildman–Crippen LogP) is 4.74. The molecule has 3 rings (SSSR count). The van der Waals surface area contributed by atoms with Crippen molar-refractivity contribution in [3.05, 3.63) is 83.4 Å². The normalized spacial score (nSPS) is 10.7. The Kier molecular flexibility index (Phi) is 5.81. The molecule has 5 heteroatoms. The minimum absolute atomic E-state index is 0.222. The second-order valence-corrected chi connectivity index (χ2v) is 6.63. The van der Waals surface area contributed by atoms with Gasteiger partial charge < -0.3 is 10.1 Å². The fourth-order valence-corrected chi connectivity index (χ4v) is 2.56. The highest BCUT2D eigenvalue weighted by atomic mass is 16.5. The molecule has 5 nitrogen and oxygen atoms in total. The largest absolute Gasteiger partial charge is 0.489 e. The molecular weight excluding hydrogens is 338 g/mol. The van der Waals surface area contributed by atoms with Crippen LogP contribution < -0.4 is 10.1 Å². The van der Waals surface area contributed by atoms with Crippen LogP contribution in [0.2, 0.25) is 0 Å². The Morgan fingerprint density at radius 3 is 2.41 bits per heavy atom. The zero-order chi connectivity index (χ0) is 19.2. The Morgan fingerprint density at radius 1 is 1.07 bits per heavy atom. The Bertz CT molecular complexity index is 907. The number of benzene rings is 2. The van der Waals surface area contributed by atoms with Gasteiger partial charge in [0, 0.05) is 17.8 Å². The van der Waals surface area contributed by atoms with Crippen LogP contribution in [0.25, 0.3) is 0 Å². The lowest BCUT2D eigenvalue weighted by Crippen LogP contribution is -2.15. The molecule has 0 spiro atoms. The van der Waals surface area contributed by atoms with Gasteiger partial charge in [0.05, 0.1) is 11.3 Å². The summed E-state index contributed by atoms with van der Waals surface area (Å²) in [6.07, 6.45) is 1.59. The average Bonchev–Trinajstić information content (AvgIpc) is 2.68. The number of amides is 1. The number of aromatic nitrogens is 2. The van der Waals surface area contributed by atoms with E-state index in [2.05, 4.69) is 15.3 Å². The first-order valence-corrected chi connectivity index (χ1v) is 8.94. The highest BCUT2D eigenvalue weighted by Gasteiger charge is 2.13. The van der Waals surface area contributed by atoms with Gasteiger partial charge in [0.15, 0.2) is 0 Å². The van der Waals surface area contributed by atoms with Gasteiger partial charge >= 0.3 is 0 Å². The highest BCUT2D eigenvalue weighted by Crippen LogP contribution is 2.18. The number of aryl methyl sites for hydroxylation is 1. The van der Waals surface area contributed by atoms with Crippen LogP contribution in [0.3, 0.4) is 0 Å². The van der Waals surface area contributed by atoms with Crippen molar-refractivity contribution < 1.29 is 9.53 Å². The van der Waals surface area contributed by atoms with Crippen molar-refractivity contribution in [3.8, 4) is 5.75 Å². The molecule has 0 fully saturated rings. The number of nitrogens with zero attached hydrogens (tertiary/aromatic N) is 2. The zero-order valence-corrected chi connectivity index (χ0v) is 15.8. The van der Waals surface area contributed by atoms with E-state index in [-0.39, 0.29) is 11.8 Å². The van der Waals surface area contributed by atoms with Crippen molar-refractivity contribution in [1.29, 1.82) is 0 Å². The molecule has 2 aromatic carbocycles. The minimum Gasteiger partial charge on any atom is -0.489 e. The number of carbonyl (C=O) groups is 1. The van der Waals surface area contributed by atoms with Gasteiger partial charge in [-0.15, -0.1) is 0 Å². The van der Waals surface area contributed by atoms with E-state index >= 15 is 0 Å². The summed E-state index contributed by atoms with van der Waals surface area (Å²) in [6, 6.07) is 17.3. The van der Waals surface area contributed by atoms with Crippen molar-refractivity contribution in [2.75, 3.05) is 5.32 Å². The lowest BCUT2D eigenvalue weighted by atomic mass is 10.1. The van der Waals surface area contributed by atoms with E-state index in [1.54, 1.807) is 6.20 Å². The van der Waals surface area contributed by atoms with E-state index in [0.717, 1.165) is 17.1 Å². The van der Waals surface area contributed by atoms with Gasteiger partial charge in [0.2, 0.25) is 0 Å². The molecular formula is C22H23N3O2. The van der Waals surface area contributed by atoms with Gasteiger partial charge in [0.25, 0.3) is 5.91 Å². The van der Waals surface area contributed by atoms with Crippen molar-refractivity contribution in [3.63, 3.8) is 0 Å². The first-order valence-electron chi connectivity index (χ1n) is 8.94. The quantitative estimate of drug-likeness (QED) is 0.689. The van der Waals surface area contributed by atoms with Crippen LogP contribution in [-0.2, 0) is 6.61 Å². The van der Waals surface area contributed by atoms with E-state index < -0.39 is 0 Å². The third-order valence-corrected chi connectivity index (χ3v) is 4.12. The third kappa shape index (κ3) is 4.91. The maximum absolute atomic E-state index is 12.5. The van der Waals surface area contributed by atoms with E-state index in [1.807, 2.05) is 75.4 Å². The first-order chi connectivity index (χ1) is 13.0. The molecule has 1 amide bonds. The van der Waals surface area contributed by atoms with Gasteiger partial charge in [-0.05, 0) is 36.8 Å². The molecule has 0 aliphatic rings. The second kappa shape index (κ2) is 8.45. The van der Waals surface area contributed by atoms with Crippen LogP contribution in [0, 0.1) is 6.92 Å². The van der Waals surface area contributed by atoms with Gasteiger partial charge in [0.1, 0.15) is 18.2 Å². The molecule has 0 atom stereocenters. The fraction of sp³-hybridized carbons (Fsp3) is 0.227. The molecule has 0 aliphatic carbocycles. The third-order valence-electron chi connectivity index (χ3n) is 4.12. The van der Waals surface area contributed by atoms with Crippen LogP contribution in [-0.4, -0.2) is 15.9 Å². The van der Waals surface area contributed by atoms with Crippen molar-refractivity contribution in [2.45, 2.75) is 33.3 Å². The monoisotopic (exact) mass is 361 g/mol. The molecule has 27 heavy (non-hydrogen) atoms. The molecule has 0 radical (unpaired) electrons. The number of ether oxygens (including phenoxy) is 1. The molecule has 0 bridgehead atoms. The minimum atomic E-state index is -0.222. The van der Waals surface area contributed by atoms with Gasteiger partial charge in [-0.1, -0.05) is 44.2 Å². The number of hydrogen-bond acceptors (Lipinski definition) is 4. The molecule has 3 aromatic rings. The first kappa shape index (κ1) is 18.6. The average molecular weight is 361 g/mol. The lowest BCUT2D eigenvalue weighted by Gasteiger charge is -2.10. The number of anilines is 1. The van der Waals surface area contributed by atoms with Crippen LogP contribution >= 0.6 is 0 Å². The Morgan fingerprint density at radius 2 is 1.78 bits per heavy atom. The molecule has 0 saturated carbocycles.